The number of benzene rings is 2. The summed E-state index contributed by atoms with van der Waals surface area (Å²) in [4.78, 5) is 29.6. The molecule has 0 aliphatic rings. The van der Waals surface area contributed by atoms with Crippen molar-refractivity contribution in [3.05, 3.63) is 60.2 Å². The Morgan fingerprint density at radius 1 is 1.27 bits per heavy atom. The number of rotatable bonds is 5. The third-order valence-electron chi connectivity index (χ3n) is 3.00. The lowest BCUT2D eigenvalue weighted by Crippen LogP contribution is -2.04. The lowest BCUT2D eigenvalue weighted by molar-refractivity contribution is 0.0550. The van der Waals surface area contributed by atoms with Crippen LogP contribution >= 0.6 is 7.60 Å². The Bertz CT molecular complexity index is 768. The maximum Gasteiger partial charge on any atom is 0.363 e. The summed E-state index contributed by atoms with van der Waals surface area (Å²) in [7, 11) is -4.87. The van der Waals surface area contributed by atoms with Crippen LogP contribution in [-0.2, 0) is 9.30 Å². The van der Waals surface area contributed by atoms with Crippen LogP contribution in [0.4, 0.5) is 4.39 Å². The highest BCUT2D eigenvalue weighted by Crippen LogP contribution is 2.52. The molecule has 0 heterocycles. The van der Waals surface area contributed by atoms with E-state index in [4.69, 9.17) is 14.5 Å². The van der Waals surface area contributed by atoms with E-state index in [2.05, 4.69) is 6.58 Å². The third-order valence-corrected chi connectivity index (χ3v) is 3.89. The molecule has 0 aliphatic heterocycles. The molecule has 0 saturated carbocycles. The lowest BCUT2D eigenvalue weighted by atomic mass is 10.0. The molecule has 0 saturated heterocycles. The molecular formula is C15H14FO5P. The predicted molar refractivity (Wildman–Crippen MR) is 80.3 cm³/mol. The summed E-state index contributed by atoms with van der Waals surface area (Å²) in [6.45, 7) is 3.51. The van der Waals surface area contributed by atoms with Crippen LogP contribution in [-0.4, -0.2) is 22.4 Å². The van der Waals surface area contributed by atoms with Gasteiger partial charge >= 0.3 is 13.6 Å². The Balaban J connectivity index is 2.40. The number of alkyl halides is 1. The summed E-state index contributed by atoms with van der Waals surface area (Å²) in [5.41, 5.74) is 0.121. The first-order valence-corrected chi connectivity index (χ1v) is 8.02. The molecular weight excluding hydrogens is 310 g/mol. The molecule has 0 spiro atoms. The fourth-order valence-corrected chi connectivity index (χ4v) is 2.50. The van der Waals surface area contributed by atoms with Gasteiger partial charge in [0.1, 0.15) is 6.61 Å². The van der Waals surface area contributed by atoms with Gasteiger partial charge in [0.05, 0.1) is 5.56 Å². The van der Waals surface area contributed by atoms with Gasteiger partial charge in [0.25, 0.3) is 0 Å². The Labute approximate surface area is 126 Å². The van der Waals surface area contributed by atoms with Crippen LogP contribution in [0.25, 0.3) is 10.8 Å². The van der Waals surface area contributed by atoms with Crippen LogP contribution in [0.3, 0.4) is 0 Å². The number of hydrogen-bond acceptors (Lipinski definition) is 3. The van der Waals surface area contributed by atoms with Gasteiger partial charge in [0.2, 0.25) is 5.91 Å². The zero-order chi connectivity index (χ0) is 16.3. The lowest BCUT2D eigenvalue weighted by Gasteiger charge is -2.11. The molecule has 22 heavy (non-hydrogen) atoms. The second-order valence-corrected chi connectivity index (χ2v) is 6.26. The van der Waals surface area contributed by atoms with Gasteiger partial charge in [-0.2, -0.15) is 0 Å². The molecule has 2 rings (SSSR count). The molecule has 2 aromatic rings. The van der Waals surface area contributed by atoms with Gasteiger partial charge < -0.3 is 14.5 Å². The molecule has 0 aromatic heterocycles. The highest BCUT2D eigenvalue weighted by molar-refractivity contribution is 7.51. The number of fused-ring (bicyclic) bond motifs is 1. The number of halogens is 1. The summed E-state index contributed by atoms with van der Waals surface area (Å²) >= 11 is 0. The van der Waals surface area contributed by atoms with Crippen LogP contribution in [0.15, 0.2) is 49.1 Å². The van der Waals surface area contributed by atoms with E-state index in [-0.39, 0.29) is 17.7 Å². The standard InChI is InChI=1S/C15H14FO5P/c1-2-7-21-15(17)12-6-4-10-3-5-11(8-13(10)9-12)14(16)22(18,19)20/h2-6,8-9,14H,1,7H2,(H2,18,19,20)/t14-/m1/s1. The van der Waals surface area contributed by atoms with Crippen LogP contribution in [0.5, 0.6) is 0 Å². The predicted octanol–water partition coefficient (Wildman–Crippen LogP) is 3.33. The molecule has 116 valence electrons. The van der Waals surface area contributed by atoms with E-state index in [1.165, 1.54) is 30.3 Å². The Kier molecular flexibility index (Phi) is 4.76. The molecule has 1 atom stereocenters. The number of carbonyl (C=O) groups excluding carboxylic acids is 1. The van der Waals surface area contributed by atoms with Crippen LogP contribution in [0.1, 0.15) is 21.8 Å². The molecule has 2 aromatic carbocycles. The van der Waals surface area contributed by atoms with Crippen molar-refractivity contribution in [2.45, 2.75) is 5.91 Å². The fraction of sp³-hybridized carbons (Fsp3) is 0.133. The number of hydrogen-bond donors (Lipinski definition) is 2. The van der Waals surface area contributed by atoms with Crippen molar-refractivity contribution in [2.24, 2.45) is 0 Å². The Morgan fingerprint density at radius 3 is 2.59 bits per heavy atom. The largest absolute Gasteiger partial charge is 0.458 e. The van der Waals surface area contributed by atoms with Gasteiger partial charge in [-0.25, -0.2) is 9.18 Å². The topological polar surface area (TPSA) is 83.8 Å². The summed E-state index contributed by atoms with van der Waals surface area (Å²) in [6, 6.07) is 8.84. The highest BCUT2D eigenvalue weighted by atomic mass is 31.2. The molecule has 0 bridgehead atoms. The van der Waals surface area contributed by atoms with Gasteiger partial charge in [-0.05, 0) is 34.5 Å². The molecule has 5 nitrogen and oxygen atoms in total. The van der Waals surface area contributed by atoms with Crippen molar-refractivity contribution in [1.29, 1.82) is 0 Å². The fourth-order valence-electron chi connectivity index (χ4n) is 1.95. The van der Waals surface area contributed by atoms with Gasteiger partial charge in [-0.1, -0.05) is 30.9 Å². The minimum absolute atomic E-state index is 0.0711. The van der Waals surface area contributed by atoms with Crippen molar-refractivity contribution in [1.82, 2.24) is 0 Å². The van der Waals surface area contributed by atoms with Crippen molar-refractivity contribution in [2.75, 3.05) is 6.61 Å². The first-order chi connectivity index (χ1) is 10.3. The monoisotopic (exact) mass is 324 g/mol. The average Bonchev–Trinajstić information content (AvgIpc) is 2.49. The normalized spacial score (nSPS) is 12.9. The molecule has 0 aliphatic carbocycles. The van der Waals surface area contributed by atoms with Crippen LogP contribution in [0, 0.1) is 0 Å². The van der Waals surface area contributed by atoms with Gasteiger partial charge in [-0.15, -0.1) is 0 Å². The number of carbonyl (C=O) groups is 1. The van der Waals surface area contributed by atoms with E-state index in [1.54, 1.807) is 12.1 Å². The average molecular weight is 324 g/mol. The van der Waals surface area contributed by atoms with Gasteiger partial charge in [0, 0.05) is 0 Å². The molecule has 0 amide bonds. The van der Waals surface area contributed by atoms with E-state index in [0.717, 1.165) is 0 Å². The molecule has 7 heteroatoms. The summed E-state index contributed by atoms with van der Waals surface area (Å²) in [5.74, 6) is -2.95. The van der Waals surface area contributed by atoms with E-state index in [0.29, 0.717) is 10.8 Å². The summed E-state index contributed by atoms with van der Waals surface area (Å²) < 4.78 is 29.6. The van der Waals surface area contributed by atoms with E-state index < -0.39 is 19.5 Å². The van der Waals surface area contributed by atoms with Crippen molar-refractivity contribution < 1.29 is 28.3 Å². The maximum atomic E-state index is 13.7. The minimum Gasteiger partial charge on any atom is -0.458 e. The summed E-state index contributed by atoms with van der Waals surface area (Å²) in [5, 5.41) is 1.20. The number of ether oxygens (including phenoxy) is 1. The maximum absolute atomic E-state index is 13.7. The smallest absolute Gasteiger partial charge is 0.363 e. The summed E-state index contributed by atoms with van der Waals surface area (Å²) in [6.07, 6.45) is 1.44. The molecule has 0 fully saturated rings. The minimum atomic E-state index is -4.87. The molecule has 0 radical (unpaired) electrons. The van der Waals surface area contributed by atoms with Gasteiger partial charge in [-0.3, -0.25) is 4.57 Å². The first kappa shape index (κ1) is 16.4. The van der Waals surface area contributed by atoms with Crippen LogP contribution < -0.4 is 0 Å². The van der Waals surface area contributed by atoms with Crippen molar-refractivity contribution in [3.63, 3.8) is 0 Å². The van der Waals surface area contributed by atoms with Crippen molar-refractivity contribution >= 4 is 24.3 Å². The van der Waals surface area contributed by atoms with Crippen LogP contribution in [0.2, 0.25) is 0 Å². The van der Waals surface area contributed by atoms with E-state index in [9.17, 15) is 13.8 Å². The second kappa shape index (κ2) is 6.40. The van der Waals surface area contributed by atoms with E-state index in [1.807, 2.05) is 0 Å². The van der Waals surface area contributed by atoms with E-state index >= 15 is 0 Å². The first-order valence-electron chi connectivity index (χ1n) is 6.34. The second-order valence-electron chi connectivity index (χ2n) is 4.63. The zero-order valence-corrected chi connectivity index (χ0v) is 12.4. The highest BCUT2D eigenvalue weighted by Gasteiger charge is 2.30. The van der Waals surface area contributed by atoms with Gasteiger partial charge in [0.15, 0.2) is 0 Å². The molecule has 0 unspecified atom stereocenters. The molecule has 2 N–H and O–H groups in total. The quantitative estimate of drug-likeness (QED) is 0.501. The number of esters is 1. The third kappa shape index (κ3) is 3.60. The SMILES string of the molecule is C=CCOC(=O)c1ccc2ccc([C@H](F)P(=O)(O)O)cc2c1. The zero-order valence-electron chi connectivity index (χ0n) is 11.5. The Morgan fingerprint density at radius 2 is 1.95 bits per heavy atom. The Hall–Kier alpha value is -2.01. The van der Waals surface area contributed by atoms with Crippen molar-refractivity contribution in [3.8, 4) is 0 Å².